The van der Waals surface area contributed by atoms with Crippen LogP contribution in [0.2, 0.25) is 5.02 Å². The predicted octanol–water partition coefficient (Wildman–Crippen LogP) is 2.70. The molecular weight excluding hydrogens is 282 g/mol. The maximum atomic E-state index is 5.97. The lowest BCUT2D eigenvalue weighted by Crippen LogP contribution is -2.29. The average molecular weight is 296 g/mol. The van der Waals surface area contributed by atoms with Crippen molar-refractivity contribution in [2.24, 2.45) is 10.7 Å². The van der Waals surface area contributed by atoms with Gasteiger partial charge in [-0.25, -0.2) is 0 Å². The summed E-state index contributed by atoms with van der Waals surface area (Å²) in [6, 6.07) is 15.6. The van der Waals surface area contributed by atoms with E-state index in [1.165, 1.54) is 0 Å². The van der Waals surface area contributed by atoms with E-state index in [-0.39, 0.29) is 6.04 Å². The van der Waals surface area contributed by atoms with Gasteiger partial charge in [0.2, 0.25) is 0 Å². The molecule has 0 amide bonds. The number of aliphatic imine (C=N–C) groups is 1. The SMILES string of the molecule is NC1=NCC(c2ccccc2C#Cc2cccc(Cl)c2)N1. The van der Waals surface area contributed by atoms with Crippen molar-refractivity contribution < 1.29 is 0 Å². The molecule has 2 aromatic rings. The minimum atomic E-state index is 0.0925. The van der Waals surface area contributed by atoms with Gasteiger partial charge in [-0.3, -0.25) is 4.99 Å². The van der Waals surface area contributed by atoms with Crippen LogP contribution >= 0.6 is 11.6 Å². The third-order valence-corrected chi connectivity index (χ3v) is 3.50. The Bertz CT molecular complexity index is 756. The zero-order valence-corrected chi connectivity index (χ0v) is 12.1. The van der Waals surface area contributed by atoms with Crippen molar-refractivity contribution in [3.63, 3.8) is 0 Å². The Labute approximate surface area is 128 Å². The number of halogens is 1. The summed E-state index contributed by atoms with van der Waals surface area (Å²) in [5.74, 6) is 6.84. The van der Waals surface area contributed by atoms with Gasteiger partial charge in [0.25, 0.3) is 0 Å². The molecule has 21 heavy (non-hydrogen) atoms. The molecule has 0 saturated heterocycles. The molecule has 0 aliphatic carbocycles. The van der Waals surface area contributed by atoms with Crippen molar-refractivity contribution in [3.8, 4) is 11.8 Å². The second-order valence-electron chi connectivity index (χ2n) is 4.77. The summed E-state index contributed by atoms with van der Waals surface area (Å²) in [5.41, 5.74) is 8.66. The van der Waals surface area contributed by atoms with Crippen LogP contribution in [0.5, 0.6) is 0 Å². The average Bonchev–Trinajstić information content (AvgIpc) is 2.92. The number of hydrogen-bond acceptors (Lipinski definition) is 3. The largest absolute Gasteiger partial charge is 0.370 e. The fourth-order valence-electron chi connectivity index (χ4n) is 2.26. The highest BCUT2D eigenvalue weighted by atomic mass is 35.5. The molecule has 3 rings (SSSR count). The van der Waals surface area contributed by atoms with E-state index in [2.05, 4.69) is 22.2 Å². The van der Waals surface area contributed by atoms with Crippen LogP contribution in [-0.4, -0.2) is 12.5 Å². The lowest BCUT2D eigenvalue weighted by Gasteiger charge is -2.12. The highest BCUT2D eigenvalue weighted by molar-refractivity contribution is 6.30. The molecule has 0 radical (unpaired) electrons. The van der Waals surface area contributed by atoms with E-state index in [9.17, 15) is 0 Å². The maximum Gasteiger partial charge on any atom is 0.189 e. The second-order valence-corrected chi connectivity index (χ2v) is 5.21. The fraction of sp³-hybridized carbons (Fsp3) is 0.118. The molecule has 0 aromatic heterocycles. The Morgan fingerprint density at radius 1 is 1.14 bits per heavy atom. The number of guanidine groups is 1. The van der Waals surface area contributed by atoms with E-state index in [4.69, 9.17) is 17.3 Å². The van der Waals surface area contributed by atoms with Crippen LogP contribution < -0.4 is 11.1 Å². The van der Waals surface area contributed by atoms with Crippen molar-refractivity contribution >= 4 is 17.6 Å². The third-order valence-electron chi connectivity index (χ3n) is 3.27. The first-order valence-electron chi connectivity index (χ1n) is 6.65. The molecule has 4 heteroatoms. The van der Waals surface area contributed by atoms with E-state index < -0.39 is 0 Å². The van der Waals surface area contributed by atoms with Crippen LogP contribution in [0.3, 0.4) is 0 Å². The molecular formula is C17H14ClN3. The maximum absolute atomic E-state index is 5.97. The van der Waals surface area contributed by atoms with E-state index in [1.54, 1.807) is 0 Å². The summed E-state index contributed by atoms with van der Waals surface area (Å²) < 4.78 is 0. The van der Waals surface area contributed by atoms with Gasteiger partial charge in [0.1, 0.15) is 0 Å². The van der Waals surface area contributed by atoms with Crippen LogP contribution in [0, 0.1) is 11.8 Å². The number of rotatable bonds is 1. The van der Waals surface area contributed by atoms with Crippen LogP contribution in [0.15, 0.2) is 53.5 Å². The summed E-state index contributed by atoms with van der Waals surface area (Å²) in [6.07, 6.45) is 0. The van der Waals surface area contributed by atoms with Gasteiger partial charge in [0.15, 0.2) is 5.96 Å². The summed E-state index contributed by atoms with van der Waals surface area (Å²) in [7, 11) is 0. The first kappa shape index (κ1) is 13.5. The molecule has 1 aliphatic heterocycles. The lowest BCUT2D eigenvalue weighted by molar-refractivity contribution is 0.706. The third kappa shape index (κ3) is 3.18. The first-order chi connectivity index (χ1) is 10.2. The van der Waals surface area contributed by atoms with Crippen LogP contribution in [0.1, 0.15) is 22.7 Å². The number of nitrogens with two attached hydrogens (primary N) is 1. The number of hydrogen-bond donors (Lipinski definition) is 2. The molecule has 1 aliphatic rings. The van der Waals surface area contributed by atoms with Crippen molar-refractivity contribution in [1.29, 1.82) is 0 Å². The second kappa shape index (κ2) is 5.90. The first-order valence-corrected chi connectivity index (χ1v) is 7.03. The molecule has 0 bridgehead atoms. The highest BCUT2D eigenvalue weighted by Crippen LogP contribution is 2.20. The molecule has 3 nitrogen and oxygen atoms in total. The van der Waals surface area contributed by atoms with Gasteiger partial charge >= 0.3 is 0 Å². The van der Waals surface area contributed by atoms with E-state index >= 15 is 0 Å². The molecule has 1 heterocycles. The summed E-state index contributed by atoms with van der Waals surface area (Å²) in [4.78, 5) is 4.18. The van der Waals surface area contributed by atoms with Gasteiger partial charge in [-0.1, -0.05) is 47.7 Å². The smallest absolute Gasteiger partial charge is 0.189 e. The topological polar surface area (TPSA) is 50.4 Å². The quantitative estimate of drug-likeness (QED) is 0.795. The van der Waals surface area contributed by atoms with Crippen molar-refractivity contribution in [1.82, 2.24) is 5.32 Å². The molecule has 3 N–H and O–H groups in total. The van der Waals surface area contributed by atoms with E-state index in [0.717, 1.165) is 16.7 Å². The molecule has 1 atom stereocenters. The van der Waals surface area contributed by atoms with Crippen molar-refractivity contribution in [3.05, 3.63) is 70.2 Å². The molecule has 0 spiro atoms. The number of nitrogens with zero attached hydrogens (tertiary/aromatic N) is 1. The molecule has 0 saturated carbocycles. The Morgan fingerprint density at radius 3 is 2.76 bits per heavy atom. The van der Waals surface area contributed by atoms with Gasteiger partial charge in [0, 0.05) is 16.1 Å². The van der Waals surface area contributed by atoms with Gasteiger partial charge in [-0.2, -0.15) is 0 Å². The van der Waals surface area contributed by atoms with Gasteiger partial charge < -0.3 is 11.1 Å². The summed E-state index contributed by atoms with van der Waals surface area (Å²) in [6.45, 7) is 0.641. The van der Waals surface area contributed by atoms with Crippen LogP contribution in [0.4, 0.5) is 0 Å². The summed E-state index contributed by atoms with van der Waals surface area (Å²) in [5, 5.41) is 3.85. The van der Waals surface area contributed by atoms with Crippen molar-refractivity contribution in [2.75, 3.05) is 6.54 Å². The number of nitrogens with one attached hydrogen (secondary N) is 1. The Kier molecular flexibility index (Phi) is 3.81. The van der Waals surface area contributed by atoms with Gasteiger partial charge in [-0.05, 0) is 29.8 Å². The molecule has 104 valence electrons. The standard InChI is InChI=1S/C17H14ClN3/c18-14-6-3-4-12(10-14)8-9-13-5-1-2-7-15(13)16-11-20-17(19)21-16/h1-7,10,16H,11H2,(H3,19,20,21). The molecule has 2 aromatic carbocycles. The lowest BCUT2D eigenvalue weighted by atomic mass is 10.0. The minimum absolute atomic E-state index is 0.0925. The minimum Gasteiger partial charge on any atom is -0.370 e. The zero-order valence-electron chi connectivity index (χ0n) is 11.3. The Morgan fingerprint density at radius 2 is 2.00 bits per heavy atom. The normalized spacial score (nSPS) is 16.6. The number of benzene rings is 2. The zero-order chi connectivity index (χ0) is 14.7. The van der Waals surface area contributed by atoms with Gasteiger partial charge in [0.05, 0.1) is 12.6 Å². The molecule has 0 fully saturated rings. The van der Waals surface area contributed by atoms with Gasteiger partial charge in [-0.15, -0.1) is 0 Å². The van der Waals surface area contributed by atoms with Crippen molar-refractivity contribution in [2.45, 2.75) is 6.04 Å². The van der Waals surface area contributed by atoms with Crippen LogP contribution in [0.25, 0.3) is 0 Å². The molecule has 1 unspecified atom stereocenters. The van der Waals surface area contributed by atoms with E-state index in [0.29, 0.717) is 17.5 Å². The Hall–Kier alpha value is -2.44. The predicted molar refractivity (Wildman–Crippen MR) is 86.2 cm³/mol. The highest BCUT2D eigenvalue weighted by Gasteiger charge is 2.19. The van der Waals surface area contributed by atoms with E-state index in [1.807, 2.05) is 48.5 Å². The van der Waals surface area contributed by atoms with Crippen LogP contribution in [-0.2, 0) is 0 Å². The Balaban J connectivity index is 1.90. The fourth-order valence-corrected chi connectivity index (χ4v) is 2.45. The monoisotopic (exact) mass is 295 g/mol. The summed E-state index contributed by atoms with van der Waals surface area (Å²) >= 11 is 5.97.